The normalized spacial score (nSPS) is 18.9. The number of carbonyl (C=O) groups excluding carboxylic acids is 1. The zero-order chi connectivity index (χ0) is 14.1. The van der Waals surface area contributed by atoms with Gasteiger partial charge in [0.05, 0.1) is 24.1 Å². The first kappa shape index (κ1) is 12.9. The third kappa shape index (κ3) is 2.33. The molecule has 102 valence electrons. The van der Waals surface area contributed by atoms with Gasteiger partial charge < -0.3 is 15.4 Å². The van der Waals surface area contributed by atoms with Crippen molar-refractivity contribution in [3.05, 3.63) is 29.1 Å². The van der Waals surface area contributed by atoms with Crippen LogP contribution in [0.3, 0.4) is 0 Å². The molecule has 6 heteroatoms. The summed E-state index contributed by atoms with van der Waals surface area (Å²) < 4.78 is 6.28. The molecule has 2 heterocycles. The second kappa shape index (κ2) is 5.12. The van der Waals surface area contributed by atoms with Gasteiger partial charge in [0, 0.05) is 16.9 Å². The largest absolute Gasteiger partial charge is 0.399 e. The molecule has 5 nitrogen and oxygen atoms in total. The van der Waals surface area contributed by atoms with Crippen LogP contribution < -0.4 is 5.73 Å². The number of nitrogens with zero attached hydrogens (tertiary/aromatic N) is 2. The van der Waals surface area contributed by atoms with Crippen LogP contribution in [0.4, 0.5) is 5.69 Å². The number of nitrogen functional groups attached to an aromatic ring is 1. The fourth-order valence-electron chi connectivity index (χ4n) is 2.23. The SMILES string of the molecule is N#CC1CN(C(=O)c2cc3cc(N)ccc3s2)CCO1. The number of thiophene rings is 1. The van der Waals surface area contributed by atoms with Gasteiger partial charge in [-0.05, 0) is 29.7 Å². The van der Waals surface area contributed by atoms with Crippen molar-refractivity contribution in [3.63, 3.8) is 0 Å². The minimum absolute atomic E-state index is 0.0479. The number of hydrogen-bond donors (Lipinski definition) is 1. The molecule has 3 rings (SSSR count). The Morgan fingerprint density at radius 2 is 2.35 bits per heavy atom. The van der Waals surface area contributed by atoms with E-state index in [2.05, 4.69) is 0 Å². The van der Waals surface area contributed by atoms with Gasteiger partial charge >= 0.3 is 0 Å². The fraction of sp³-hybridized carbons (Fsp3) is 0.286. The number of benzene rings is 1. The van der Waals surface area contributed by atoms with Gasteiger partial charge in [0.15, 0.2) is 6.10 Å². The molecule has 2 N–H and O–H groups in total. The average Bonchev–Trinajstić information content (AvgIpc) is 2.89. The monoisotopic (exact) mass is 287 g/mol. The minimum atomic E-state index is -0.530. The summed E-state index contributed by atoms with van der Waals surface area (Å²) in [5.41, 5.74) is 6.43. The quantitative estimate of drug-likeness (QED) is 0.812. The van der Waals surface area contributed by atoms with E-state index < -0.39 is 6.10 Å². The lowest BCUT2D eigenvalue weighted by Gasteiger charge is -2.29. The molecule has 1 aromatic heterocycles. The number of morpholine rings is 1. The van der Waals surface area contributed by atoms with Crippen LogP contribution in [-0.2, 0) is 4.74 Å². The molecular weight excluding hydrogens is 274 g/mol. The van der Waals surface area contributed by atoms with Crippen molar-refractivity contribution in [2.24, 2.45) is 0 Å². The standard InChI is InChI=1S/C14H13N3O2S/c15-7-11-8-17(3-4-19-11)14(18)13-6-9-5-10(16)1-2-12(9)20-13/h1-2,5-6,11H,3-4,8,16H2. The molecular formula is C14H13N3O2S. The van der Waals surface area contributed by atoms with Gasteiger partial charge in [-0.2, -0.15) is 5.26 Å². The fourth-order valence-corrected chi connectivity index (χ4v) is 3.25. The van der Waals surface area contributed by atoms with Crippen LogP contribution in [0.2, 0.25) is 0 Å². The Kier molecular flexibility index (Phi) is 3.30. The number of fused-ring (bicyclic) bond motifs is 1. The maximum atomic E-state index is 12.5. The summed E-state index contributed by atoms with van der Waals surface area (Å²) in [5, 5.41) is 9.86. The topological polar surface area (TPSA) is 79.4 Å². The molecule has 0 aliphatic carbocycles. The van der Waals surface area contributed by atoms with E-state index in [1.54, 1.807) is 4.90 Å². The van der Waals surface area contributed by atoms with E-state index in [1.807, 2.05) is 30.3 Å². The maximum absolute atomic E-state index is 12.5. The number of carbonyl (C=O) groups is 1. The van der Waals surface area contributed by atoms with E-state index in [4.69, 9.17) is 15.7 Å². The van der Waals surface area contributed by atoms with Gasteiger partial charge in [0.25, 0.3) is 5.91 Å². The number of anilines is 1. The van der Waals surface area contributed by atoms with Crippen molar-refractivity contribution in [1.82, 2.24) is 4.90 Å². The van der Waals surface area contributed by atoms with Crippen LogP contribution in [0, 0.1) is 11.3 Å². The minimum Gasteiger partial charge on any atom is -0.399 e. The summed E-state index contributed by atoms with van der Waals surface area (Å²) in [5.74, 6) is -0.0479. The Labute approximate surface area is 120 Å². The predicted molar refractivity (Wildman–Crippen MR) is 77.5 cm³/mol. The molecule has 1 amide bonds. The van der Waals surface area contributed by atoms with Crippen LogP contribution in [0.5, 0.6) is 0 Å². The van der Waals surface area contributed by atoms with Crippen LogP contribution in [-0.4, -0.2) is 36.6 Å². The Balaban J connectivity index is 1.87. The third-order valence-corrected chi connectivity index (χ3v) is 4.35. The van der Waals surface area contributed by atoms with Gasteiger partial charge in [-0.1, -0.05) is 0 Å². The van der Waals surface area contributed by atoms with E-state index in [-0.39, 0.29) is 5.91 Å². The van der Waals surface area contributed by atoms with E-state index in [0.717, 1.165) is 10.1 Å². The number of nitrogens with two attached hydrogens (primary N) is 1. The van der Waals surface area contributed by atoms with Gasteiger partial charge in [0.1, 0.15) is 0 Å². The second-order valence-corrected chi connectivity index (χ2v) is 5.73. The molecule has 20 heavy (non-hydrogen) atoms. The molecule has 1 unspecified atom stereocenters. The molecule has 1 aromatic carbocycles. The first-order chi connectivity index (χ1) is 9.67. The van der Waals surface area contributed by atoms with Crippen molar-refractivity contribution in [2.75, 3.05) is 25.4 Å². The molecule has 2 aromatic rings. The van der Waals surface area contributed by atoms with Crippen molar-refractivity contribution in [1.29, 1.82) is 5.26 Å². The Morgan fingerprint density at radius 1 is 1.50 bits per heavy atom. The predicted octanol–water partition coefficient (Wildman–Crippen LogP) is 1.85. The number of hydrogen-bond acceptors (Lipinski definition) is 5. The summed E-state index contributed by atoms with van der Waals surface area (Å²) in [7, 11) is 0. The maximum Gasteiger partial charge on any atom is 0.264 e. The highest BCUT2D eigenvalue weighted by atomic mass is 32.1. The van der Waals surface area contributed by atoms with E-state index >= 15 is 0 Å². The molecule has 0 saturated carbocycles. The van der Waals surface area contributed by atoms with Crippen molar-refractivity contribution >= 4 is 33.0 Å². The summed E-state index contributed by atoms with van der Waals surface area (Å²) in [6.45, 7) is 1.25. The van der Waals surface area contributed by atoms with Crippen molar-refractivity contribution in [3.8, 4) is 6.07 Å². The summed E-state index contributed by atoms with van der Waals surface area (Å²) >= 11 is 1.45. The number of ether oxygens (including phenoxy) is 1. The summed E-state index contributed by atoms with van der Waals surface area (Å²) in [6.07, 6.45) is -0.530. The molecule has 0 bridgehead atoms. The molecule has 1 aliphatic heterocycles. The molecule has 0 radical (unpaired) electrons. The lowest BCUT2D eigenvalue weighted by molar-refractivity contribution is 0.00370. The van der Waals surface area contributed by atoms with Gasteiger partial charge in [-0.3, -0.25) is 4.79 Å². The molecule has 1 saturated heterocycles. The zero-order valence-corrected chi connectivity index (χ0v) is 11.5. The first-order valence-electron chi connectivity index (χ1n) is 6.27. The van der Waals surface area contributed by atoms with Gasteiger partial charge in [-0.15, -0.1) is 11.3 Å². The zero-order valence-electron chi connectivity index (χ0n) is 10.7. The van der Waals surface area contributed by atoms with Gasteiger partial charge in [-0.25, -0.2) is 0 Å². The van der Waals surface area contributed by atoms with Crippen LogP contribution in [0.25, 0.3) is 10.1 Å². The molecule has 1 atom stereocenters. The van der Waals surface area contributed by atoms with E-state index in [0.29, 0.717) is 30.3 Å². The Hall–Kier alpha value is -2.10. The van der Waals surface area contributed by atoms with Crippen LogP contribution in [0.15, 0.2) is 24.3 Å². The lowest BCUT2D eigenvalue weighted by Crippen LogP contribution is -2.44. The van der Waals surface area contributed by atoms with Crippen molar-refractivity contribution in [2.45, 2.75) is 6.10 Å². The first-order valence-corrected chi connectivity index (χ1v) is 7.08. The smallest absolute Gasteiger partial charge is 0.264 e. The number of amides is 1. The van der Waals surface area contributed by atoms with E-state index in [1.165, 1.54) is 11.3 Å². The summed E-state index contributed by atoms with van der Waals surface area (Å²) in [6, 6.07) is 9.51. The summed E-state index contributed by atoms with van der Waals surface area (Å²) in [4.78, 5) is 14.8. The second-order valence-electron chi connectivity index (χ2n) is 4.65. The van der Waals surface area contributed by atoms with Crippen LogP contribution in [0.1, 0.15) is 9.67 Å². The average molecular weight is 287 g/mol. The highest BCUT2D eigenvalue weighted by molar-refractivity contribution is 7.20. The van der Waals surface area contributed by atoms with Crippen LogP contribution >= 0.6 is 11.3 Å². The third-order valence-electron chi connectivity index (χ3n) is 3.25. The highest BCUT2D eigenvalue weighted by Gasteiger charge is 2.25. The lowest BCUT2D eigenvalue weighted by atomic mass is 10.2. The number of rotatable bonds is 1. The highest BCUT2D eigenvalue weighted by Crippen LogP contribution is 2.28. The van der Waals surface area contributed by atoms with Gasteiger partial charge in [0.2, 0.25) is 0 Å². The van der Waals surface area contributed by atoms with E-state index in [9.17, 15) is 4.79 Å². The Morgan fingerprint density at radius 3 is 3.15 bits per heavy atom. The molecule has 1 fully saturated rings. The molecule has 1 aliphatic rings. The number of nitriles is 1. The Bertz CT molecular complexity index is 704. The molecule has 0 spiro atoms. The van der Waals surface area contributed by atoms with Crippen molar-refractivity contribution < 1.29 is 9.53 Å².